The predicted octanol–water partition coefficient (Wildman–Crippen LogP) is 4.80. The van der Waals surface area contributed by atoms with Gasteiger partial charge in [-0.3, -0.25) is 9.59 Å². The van der Waals surface area contributed by atoms with Gasteiger partial charge in [-0.2, -0.15) is 0 Å². The first-order valence-corrected chi connectivity index (χ1v) is 9.88. The number of ketones is 2. The standard InChI is InChI=1S/C21H32O2/c1-13(22)16-12-21(3)14(11-19(16)23)6-7-15-17-5-4-9-20(17,2)10-8-18(15)21/h14-18H,4-12H2,1-3H3/t14?,15-,16?,17-,18+,20-,21-/m0/s1. The van der Waals surface area contributed by atoms with Gasteiger partial charge in [0.05, 0.1) is 5.92 Å². The Morgan fingerprint density at radius 1 is 1.04 bits per heavy atom. The van der Waals surface area contributed by atoms with E-state index >= 15 is 0 Å². The van der Waals surface area contributed by atoms with Crippen molar-refractivity contribution in [3.05, 3.63) is 0 Å². The van der Waals surface area contributed by atoms with Gasteiger partial charge in [0.15, 0.2) is 0 Å². The number of hydrogen-bond acceptors (Lipinski definition) is 2. The van der Waals surface area contributed by atoms with Crippen molar-refractivity contribution in [2.24, 2.45) is 40.4 Å². The Morgan fingerprint density at radius 3 is 2.57 bits per heavy atom. The molecule has 0 saturated heterocycles. The molecule has 0 heterocycles. The molecule has 4 fully saturated rings. The van der Waals surface area contributed by atoms with Crippen LogP contribution in [0.5, 0.6) is 0 Å². The Morgan fingerprint density at radius 2 is 1.83 bits per heavy atom. The molecule has 4 aliphatic rings. The van der Waals surface area contributed by atoms with Gasteiger partial charge >= 0.3 is 0 Å². The molecule has 7 atom stereocenters. The summed E-state index contributed by atoms with van der Waals surface area (Å²) in [5, 5.41) is 0. The molecule has 0 radical (unpaired) electrons. The zero-order chi connectivity index (χ0) is 16.4. The molecule has 4 aliphatic carbocycles. The Labute approximate surface area is 140 Å². The van der Waals surface area contributed by atoms with E-state index in [2.05, 4.69) is 13.8 Å². The van der Waals surface area contributed by atoms with Crippen molar-refractivity contribution in [3.8, 4) is 0 Å². The van der Waals surface area contributed by atoms with E-state index in [9.17, 15) is 9.59 Å². The van der Waals surface area contributed by atoms with Crippen LogP contribution in [-0.2, 0) is 9.59 Å². The minimum atomic E-state index is -0.299. The summed E-state index contributed by atoms with van der Waals surface area (Å²) in [6.45, 7) is 6.61. The fourth-order valence-electron chi connectivity index (χ4n) is 7.49. The van der Waals surface area contributed by atoms with Crippen LogP contribution in [-0.4, -0.2) is 11.6 Å². The summed E-state index contributed by atoms with van der Waals surface area (Å²) in [6.07, 6.45) is 11.1. The van der Waals surface area contributed by atoms with Crippen molar-refractivity contribution in [2.75, 3.05) is 0 Å². The number of rotatable bonds is 1. The van der Waals surface area contributed by atoms with Gasteiger partial charge in [-0.05, 0) is 86.4 Å². The minimum Gasteiger partial charge on any atom is -0.299 e. The van der Waals surface area contributed by atoms with E-state index < -0.39 is 0 Å². The van der Waals surface area contributed by atoms with Gasteiger partial charge in [-0.15, -0.1) is 0 Å². The summed E-state index contributed by atoms with van der Waals surface area (Å²) in [5.74, 6) is 3.11. The van der Waals surface area contributed by atoms with E-state index in [1.807, 2.05) is 0 Å². The summed E-state index contributed by atoms with van der Waals surface area (Å²) < 4.78 is 0. The fraction of sp³-hybridized carbons (Fsp3) is 0.905. The number of fused-ring (bicyclic) bond motifs is 5. The molecule has 2 heteroatoms. The SMILES string of the molecule is CC(=O)C1C[C@@]2(C)C(CC[C@@H]3[C@H]2CC[C@]2(C)CCC[C@@H]32)CC1=O. The molecular weight excluding hydrogens is 284 g/mol. The first kappa shape index (κ1) is 15.8. The molecule has 0 N–H and O–H groups in total. The lowest BCUT2D eigenvalue weighted by molar-refractivity contribution is -0.151. The molecule has 2 nitrogen and oxygen atoms in total. The van der Waals surface area contributed by atoms with Gasteiger partial charge in [0.1, 0.15) is 11.6 Å². The van der Waals surface area contributed by atoms with Crippen molar-refractivity contribution < 1.29 is 9.59 Å². The van der Waals surface area contributed by atoms with Crippen LogP contribution in [0.15, 0.2) is 0 Å². The molecule has 4 saturated carbocycles. The Hall–Kier alpha value is -0.660. The molecule has 2 unspecified atom stereocenters. The van der Waals surface area contributed by atoms with Gasteiger partial charge in [-0.25, -0.2) is 0 Å². The van der Waals surface area contributed by atoms with Crippen LogP contribution < -0.4 is 0 Å². The lowest BCUT2D eigenvalue weighted by Gasteiger charge is -2.60. The topological polar surface area (TPSA) is 34.1 Å². The molecule has 23 heavy (non-hydrogen) atoms. The van der Waals surface area contributed by atoms with E-state index in [1.165, 1.54) is 44.9 Å². The monoisotopic (exact) mass is 316 g/mol. The largest absolute Gasteiger partial charge is 0.299 e. The molecule has 0 aromatic carbocycles. The van der Waals surface area contributed by atoms with Crippen LogP contribution in [0.25, 0.3) is 0 Å². The van der Waals surface area contributed by atoms with E-state index in [-0.39, 0.29) is 22.9 Å². The Kier molecular flexibility index (Phi) is 3.56. The molecule has 0 aromatic rings. The highest BCUT2D eigenvalue weighted by molar-refractivity contribution is 6.02. The smallest absolute Gasteiger partial charge is 0.143 e. The number of Topliss-reactive ketones (excluding diaryl/α,β-unsaturated/α-hetero) is 2. The summed E-state index contributed by atoms with van der Waals surface area (Å²) in [6, 6.07) is 0. The maximum Gasteiger partial charge on any atom is 0.143 e. The van der Waals surface area contributed by atoms with Crippen molar-refractivity contribution in [2.45, 2.75) is 78.6 Å². The quantitative estimate of drug-likeness (QED) is 0.651. The Balaban J connectivity index is 1.65. The molecule has 4 rings (SSSR count). The molecule has 0 amide bonds. The van der Waals surface area contributed by atoms with Crippen LogP contribution in [0.4, 0.5) is 0 Å². The maximum absolute atomic E-state index is 12.4. The van der Waals surface area contributed by atoms with Gasteiger partial charge < -0.3 is 0 Å². The zero-order valence-electron chi connectivity index (χ0n) is 15.1. The van der Waals surface area contributed by atoms with Crippen molar-refractivity contribution in [3.63, 3.8) is 0 Å². The normalized spacial score (nSPS) is 52.5. The second kappa shape index (κ2) is 5.17. The lowest BCUT2D eigenvalue weighted by Crippen LogP contribution is -2.55. The zero-order valence-corrected chi connectivity index (χ0v) is 15.1. The summed E-state index contributed by atoms with van der Waals surface area (Å²) in [4.78, 5) is 24.4. The minimum absolute atomic E-state index is 0.110. The highest BCUT2D eigenvalue weighted by atomic mass is 16.1. The van der Waals surface area contributed by atoms with E-state index in [0.717, 1.165) is 24.2 Å². The third-order valence-corrected chi connectivity index (χ3v) is 8.82. The van der Waals surface area contributed by atoms with Gasteiger partial charge in [0.25, 0.3) is 0 Å². The average Bonchev–Trinajstić information content (AvgIpc) is 2.89. The third-order valence-electron chi connectivity index (χ3n) is 8.82. The van der Waals surface area contributed by atoms with Gasteiger partial charge in [0.2, 0.25) is 0 Å². The molecule has 0 aromatic heterocycles. The van der Waals surface area contributed by atoms with Gasteiger partial charge in [-0.1, -0.05) is 20.3 Å². The summed E-state index contributed by atoms with van der Waals surface area (Å²) in [7, 11) is 0. The maximum atomic E-state index is 12.4. The second-order valence-electron chi connectivity index (χ2n) is 9.78. The Bertz CT molecular complexity index is 538. The second-order valence-corrected chi connectivity index (χ2v) is 9.78. The van der Waals surface area contributed by atoms with Crippen LogP contribution in [0, 0.1) is 40.4 Å². The predicted molar refractivity (Wildman–Crippen MR) is 90.9 cm³/mol. The van der Waals surface area contributed by atoms with Crippen LogP contribution in [0.2, 0.25) is 0 Å². The van der Waals surface area contributed by atoms with E-state index in [1.54, 1.807) is 6.92 Å². The van der Waals surface area contributed by atoms with Crippen LogP contribution in [0.3, 0.4) is 0 Å². The summed E-state index contributed by atoms with van der Waals surface area (Å²) >= 11 is 0. The first-order chi connectivity index (χ1) is 10.8. The van der Waals surface area contributed by atoms with Crippen LogP contribution >= 0.6 is 0 Å². The highest BCUT2D eigenvalue weighted by Gasteiger charge is 2.59. The summed E-state index contributed by atoms with van der Waals surface area (Å²) in [5.41, 5.74) is 0.825. The molecule has 0 bridgehead atoms. The lowest BCUT2D eigenvalue weighted by atomic mass is 9.44. The van der Waals surface area contributed by atoms with Crippen molar-refractivity contribution in [1.82, 2.24) is 0 Å². The molecule has 0 aliphatic heterocycles. The van der Waals surface area contributed by atoms with E-state index in [0.29, 0.717) is 17.8 Å². The number of hydrogen-bond donors (Lipinski definition) is 0. The molecular formula is C21H32O2. The number of carbonyl (C=O) groups excluding carboxylic acids is 2. The molecule has 0 spiro atoms. The first-order valence-electron chi connectivity index (χ1n) is 9.88. The highest BCUT2D eigenvalue weighted by Crippen LogP contribution is 2.66. The molecule has 128 valence electrons. The third kappa shape index (κ3) is 2.19. The van der Waals surface area contributed by atoms with Gasteiger partial charge in [0, 0.05) is 6.42 Å². The number of carbonyl (C=O) groups is 2. The van der Waals surface area contributed by atoms with Crippen molar-refractivity contribution in [1.29, 1.82) is 0 Å². The average molecular weight is 316 g/mol. The van der Waals surface area contributed by atoms with Crippen molar-refractivity contribution >= 4 is 11.6 Å². The fourth-order valence-corrected chi connectivity index (χ4v) is 7.49. The van der Waals surface area contributed by atoms with Crippen LogP contribution in [0.1, 0.15) is 78.6 Å². The van der Waals surface area contributed by atoms with E-state index in [4.69, 9.17) is 0 Å².